The lowest BCUT2D eigenvalue weighted by atomic mass is 10.1. The van der Waals surface area contributed by atoms with E-state index in [1.165, 1.54) is 6.07 Å². The Morgan fingerprint density at radius 1 is 1.07 bits per heavy atom. The van der Waals surface area contributed by atoms with Gasteiger partial charge in [0, 0.05) is 9.69 Å². The van der Waals surface area contributed by atoms with Crippen LogP contribution in [0.25, 0.3) is 6.08 Å². The number of alkyl halides is 1. The van der Waals surface area contributed by atoms with Crippen LogP contribution in [0.15, 0.2) is 21.6 Å². The van der Waals surface area contributed by atoms with E-state index in [-0.39, 0.29) is 5.22 Å². The van der Waals surface area contributed by atoms with Crippen LogP contribution in [-0.4, -0.2) is 39.3 Å². The molecule has 2 rings (SSSR count). The van der Waals surface area contributed by atoms with Crippen LogP contribution < -0.4 is 10.6 Å². The van der Waals surface area contributed by atoms with E-state index in [0.717, 1.165) is 4.90 Å². The van der Waals surface area contributed by atoms with Gasteiger partial charge in [0.15, 0.2) is 6.17 Å². The standard InChI is InChI=1S/C19H23Br2FN2O4/c1-18(2,3)27-16(25)24(17(26)28-19(4,5)6)15-12(21)9-11-13(22)7-10(20)8-14(11)23-15/h7-9,12,15H,1-6H3. The summed E-state index contributed by atoms with van der Waals surface area (Å²) < 4.78 is 25.5. The van der Waals surface area contributed by atoms with Crippen molar-refractivity contribution in [1.29, 1.82) is 0 Å². The van der Waals surface area contributed by atoms with Gasteiger partial charge in [-0.1, -0.05) is 37.9 Å². The molecular formula is C19H23Br2FN2O4. The Hall–Kier alpha value is -1.48. The third-order valence-electron chi connectivity index (χ3n) is 3.40. The van der Waals surface area contributed by atoms with Gasteiger partial charge >= 0.3 is 12.2 Å². The number of hydrogen-bond donors (Lipinski definition) is 0. The lowest BCUT2D eigenvalue weighted by Crippen LogP contribution is -2.54. The second-order valence-electron chi connectivity index (χ2n) is 8.30. The van der Waals surface area contributed by atoms with Crippen molar-refractivity contribution in [3.05, 3.63) is 33.0 Å². The third-order valence-corrected chi connectivity index (χ3v) is 4.59. The minimum atomic E-state index is -1.01. The number of carbonyl (C=O) groups is 2. The van der Waals surface area contributed by atoms with Crippen LogP contribution in [0, 0.1) is 5.82 Å². The number of benzene rings is 1. The molecule has 0 aliphatic carbocycles. The minimum absolute atomic E-state index is 0.287. The lowest BCUT2D eigenvalue weighted by Gasteiger charge is -2.33. The molecule has 1 aliphatic rings. The van der Waals surface area contributed by atoms with Gasteiger partial charge in [-0.25, -0.2) is 14.0 Å². The summed E-state index contributed by atoms with van der Waals surface area (Å²) in [6, 6.07) is 2.94. The first-order chi connectivity index (χ1) is 12.7. The zero-order chi connectivity index (χ0) is 21.4. The summed E-state index contributed by atoms with van der Waals surface area (Å²) in [6.45, 7) is 10.1. The van der Waals surface area contributed by atoms with Crippen molar-refractivity contribution in [1.82, 2.24) is 4.90 Å². The summed E-state index contributed by atoms with van der Waals surface area (Å²) in [6.07, 6.45) is -1.23. The lowest BCUT2D eigenvalue weighted by molar-refractivity contribution is -0.00600. The molecule has 6 nitrogen and oxygen atoms in total. The molecule has 1 aromatic rings. The maximum absolute atomic E-state index is 14.3. The molecule has 1 heterocycles. The molecule has 0 saturated heterocycles. The zero-order valence-corrected chi connectivity index (χ0v) is 19.7. The predicted octanol–water partition coefficient (Wildman–Crippen LogP) is 4.26. The Morgan fingerprint density at radius 3 is 2.04 bits per heavy atom. The topological polar surface area (TPSA) is 68.2 Å². The minimum Gasteiger partial charge on any atom is -0.443 e. The molecule has 28 heavy (non-hydrogen) atoms. The molecule has 0 spiro atoms. The van der Waals surface area contributed by atoms with Crippen LogP contribution in [0.2, 0.25) is 0 Å². The number of fused-ring (bicyclic) bond motifs is 1. The predicted molar refractivity (Wildman–Crippen MR) is 110 cm³/mol. The van der Waals surface area contributed by atoms with Crippen molar-refractivity contribution in [2.45, 2.75) is 63.7 Å². The van der Waals surface area contributed by atoms with E-state index in [4.69, 9.17) is 9.47 Å². The van der Waals surface area contributed by atoms with E-state index in [1.54, 1.807) is 53.7 Å². The Bertz CT molecular complexity index is 878. The van der Waals surface area contributed by atoms with Crippen LogP contribution >= 0.6 is 31.9 Å². The van der Waals surface area contributed by atoms with Crippen molar-refractivity contribution in [3.63, 3.8) is 0 Å². The highest BCUT2D eigenvalue weighted by atomic mass is 79.9. The van der Waals surface area contributed by atoms with Crippen molar-refractivity contribution >= 4 is 50.1 Å². The van der Waals surface area contributed by atoms with E-state index in [1.807, 2.05) is 0 Å². The van der Waals surface area contributed by atoms with Gasteiger partial charge in [0.25, 0.3) is 0 Å². The van der Waals surface area contributed by atoms with Crippen LogP contribution in [0.3, 0.4) is 0 Å². The maximum Gasteiger partial charge on any atom is 0.421 e. The van der Waals surface area contributed by atoms with E-state index in [9.17, 15) is 14.0 Å². The molecule has 0 aromatic heterocycles. The first-order valence-corrected chi connectivity index (χ1v) is 10.3. The van der Waals surface area contributed by atoms with Gasteiger partial charge in [0.05, 0.1) is 10.2 Å². The van der Waals surface area contributed by atoms with Gasteiger partial charge in [-0.05, 0) is 53.7 Å². The number of carbonyl (C=O) groups excluding carboxylic acids is 2. The second kappa shape index (κ2) is 8.10. The number of nitrogens with zero attached hydrogens (tertiary/aromatic N) is 2. The summed E-state index contributed by atoms with van der Waals surface area (Å²) in [5.41, 5.74) is -1.66. The van der Waals surface area contributed by atoms with E-state index in [0.29, 0.717) is 9.83 Å². The fourth-order valence-corrected chi connectivity index (χ4v) is 3.45. The highest BCUT2D eigenvalue weighted by Crippen LogP contribution is 2.23. The molecule has 2 unspecified atom stereocenters. The fourth-order valence-electron chi connectivity index (χ4n) is 2.41. The third kappa shape index (κ3) is 5.76. The van der Waals surface area contributed by atoms with Crippen molar-refractivity contribution in [2.75, 3.05) is 0 Å². The van der Waals surface area contributed by atoms with Gasteiger partial charge in [-0.15, -0.1) is 0 Å². The van der Waals surface area contributed by atoms with Crippen LogP contribution in [0.5, 0.6) is 0 Å². The quantitative estimate of drug-likeness (QED) is 0.518. The van der Waals surface area contributed by atoms with E-state index >= 15 is 0 Å². The number of rotatable bonds is 1. The SMILES string of the molecule is CC(C)(C)OC(=O)N(C(=O)OC(C)(C)C)C1N=c2cc(Br)cc(F)c2=CC1Br. The summed E-state index contributed by atoms with van der Waals surface area (Å²) in [5.74, 6) is -0.461. The van der Waals surface area contributed by atoms with Crippen LogP contribution in [-0.2, 0) is 9.47 Å². The molecule has 9 heteroatoms. The smallest absolute Gasteiger partial charge is 0.421 e. The van der Waals surface area contributed by atoms with Gasteiger partial charge < -0.3 is 9.47 Å². The van der Waals surface area contributed by atoms with Crippen molar-refractivity contribution < 1.29 is 23.5 Å². The molecule has 2 amide bonds. The summed E-state index contributed by atoms with van der Waals surface area (Å²) in [5, 5.41) is 0.597. The number of halogens is 3. The highest BCUT2D eigenvalue weighted by molar-refractivity contribution is 9.10. The largest absolute Gasteiger partial charge is 0.443 e. The Morgan fingerprint density at radius 2 is 1.57 bits per heavy atom. The van der Waals surface area contributed by atoms with Crippen molar-refractivity contribution in [2.24, 2.45) is 4.99 Å². The number of imide groups is 1. The molecule has 154 valence electrons. The van der Waals surface area contributed by atoms with Gasteiger partial charge in [-0.2, -0.15) is 4.90 Å². The molecule has 0 radical (unpaired) electrons. The number of amides is 2. The summed E-state index contributed by atoms with van der Waals surface area (Å²) in [4.78, 5) is 30.2. The second-order valence-corrected chi connectivity index (χ2v) is 10.3. The number of hydrogen-bond acceptors (Lipinski definition) is 5. The summed E-state index contributed by atoms with van der Waals surface area (Å²) >= 11 is 6.62. The average Bonchev–Trinajstić information content (AvgIpc) is 2.45. The summed E-state index contributed by atoms with van der Waals surface area (Å²) in [7, 11) is 0. The monoisotopic (exact) mass is 520 g/mol. The Labute approximate surface area is 180 Å². The number of ether oxygens (including phenoxy) is 2. The first-order valence-electron chi connectivity index (χ1n) is 8.62. The fraction of sp³-hybridized carbons (Fsp3) is 0.526. The van der Waals surface area contributed by atoms with Crippen molar-refractivity contribution in [3.8, 4) is 0 Å². The van der Waals surface area contributed by atoms with Crippen LogP contribution in [0.1, 0.15) is 41.5 Å². The first kappa shape index (κ1) is 22.8. The molecule has 0 fully saturated rings. The molecule has 0 bridgehead atoms. The van der Waals surface area contributed by atoms with Crippen LogP contribution in [0.4, 0.5) is 14.0 Å². The van der Waals surface area contributed by atoms with Gasteiger partial charge in [0.1, 0.15) is 17.0 Å². The Kier molecular flexibility index (Phi) is 6.60. The zero-order valence-electron chi connectivity index (χ0n) is 16.5. The molecule has 0 saturated carbocycles. The Balaban J connectivity index is 2.54. The molecule has 1 aromatic carbocycles. The molecule has 2 atom stereocenters. The maximum atomic E-state index is 14.3. The molecule has 0 N–H and O–H groups in total. The molecular weight excluding hydrogens is 499 g/mol. The van der Waals surface area contributed by atoms with Gasteiger partial charge in [0.2, 0.25) is 0 Å². The van der Waals surface area contributed by atoms with E-state index in [2.05, 4.69) is 36.9 Å². The van der Waals surface area contributed by atoms with E-state index < -0.39 is 40.2 Å². The highest BCUT2D eigenvalue weighted by Gasteiger charge is 2.40. The average molecular weight is 522 g/mol. The van der Waals surface area contributed by atoms with Gasteiger partial charge in [-0.3, -0.25) is 4.99 Å². The molecule has 1 aliphatic heterocycles. The normalized spacial score (nSPS) is 19.0.